The number of aromatic nitrogens is 1. The zero-order valence-electron chi connectivity index (χ0n) is 14.9. The van der Waals surface area contributed by atoms with Crippen LogP contribution in [0.2, 0.25) is 0 Å². The minimum atomic E-state index is -0.669. The van der Waals surface area contributed by atoms with Crippen molar-refractivity contribution in [2.45, 2.75) is 38.8 Å². The topological polar surface area (TPSA) is 74.3 Å². The predicted molar refractivity (Wildman–Crippen MR) is 98.4 cm³/mol. The Morgan fingerprint density at radius 1 is 1.24 bits per heavy atom. The lowest BCUT2D eigenvalue weighted by atomic mass is 10.1. The molecule has 2 amide bonds. The quantitative estimate of drug-likeness (QED) is 0.817. The Morgan fingerprint density at radius 3 is 2.72 bits per heavy atom. The molecule has 0 bridgehead atoms. The average Bonchev–Trinajstić information content (AvgIpc) is 3.44. The highest BCUT2D eigenvalue weighted by atomic mass is 16.2. The molecule has 1 saturated carbocycles. The van der Waals surface area contributed by atoms with Crippen molar-refractivity contribution in [2.24, 2.45) is 0 Å². The molecular weight excluding hydrogens is 316 g/mol. The first-order valence-corrected chi connectivity index (χ1v) is 8.63. The number of fused-ring (bicyclic) bond motifs is 1. The van der Waals surface area contributed by atoms with Gasteiger partial charge < -0.3 is 10.6 Å². The summed E-state index contributed by atoms with van der Waals surface area (Å²) >= 11 is 0. The summed E-state index contributed by atoms with van der Waals surface area (Å²) in [4.78, 5) is 31.0. The van der Waals surface area contributed by atoms with Gasteiger partial charge in [0.2, 0.25) is 0 Å². The van der Waals surface area contributed by atoms with Crippen LogP contribution in [0.1, 0.15) is 25.5 Å². The van der Waals surface area contributed by atoms with Crippen LogP contribution in [0.15, 0.2) is 30.3 Å². The van der Waals surface area contributed by atoms with Crippen molar-refractivity contribution in [3.05, 3.63) is 36.0 Å². The van der Waals surface area contributed by atoms with Gasteiger partial charge in [-0.05, 0) is 45.9 Å². The molecule has 1 aliphatic rings. The molecule has 25 heavy (non-hydrogen) atoms. The van der Waals surface area contributed by atoms with E-state index in [0.29, 0.717) is 23.8 Å². The molecule has 6 nitrogen and oxygen atoms in total. The molecule has 3 rings (SSSR count). The summed E-state index contributed by atoms with van der Waals surface area (Å²) in [6.07, 6.45) is 2.42. The van der Waals surface area contributed by atoms with Gasteiger partial charge >= 0.3 is 11.8 Å². The summed E-state index contributed by atoms with van der Waals surface area (Å²) in [5.41, 5.74) is 2.09. The number of anilines is 1. The summed E-state index contributed by atoms with van der Waals surface area (Å²) in [5, 5.41) is 6.31. The molecule has 0 unspecified atom stereocenters. The number of carbonyl (C=O) groups excluding carboxylic acids is 2. The van der Waals surface area contributed by atoms with Crippen LogP contribution in [0.4, 0.5) is 5.69 Å². The fourth-order valence-electron chi connectivity index (χ4n) is 2.83. The second-order valence-corrected chi connectivity index (χ2v) is 6.74. The number of carbonyl (C=O) groups is 2. The van der Waals surface area contributed by atoms with Gasteiger partial charge in [0.25, 0.3) is 0 Å². The molecule has 132 valence electrons. The zero-order valence-corrected chi connectivity index (χ0v) is 14.9. The van der Waals surface area contributed by atoms with E-state index in [-0.39, 0.29) is 6.04 Å². The minimum Gasteiger partial charge on any atom is -0.346 e. The lowest BCUT2D eigenvalue weighted by molar-refractivity contribution is -0.136. The number of benzene rings is 1. The first kappa shape index (κ1) is 17.4. The fraction of sp³-hybridized carbons (Fsp3) is 0.421. The summed E-state index contributed by atoms with van der Waals surface area (Å²) in [5.74, 6) is -1.29. The Hall–Kier alpha value is -2.47. The number of nitrogens with zero attached hydrogens (tertiary/aromatic N) is 2. The van der Waals surface area contributed by atoms with Crippen molar-refractivity contribution >= 4 is 28.4 Å². The third kappa shape index (κ3) is 4.14. The SMILES string of the molecule is Cc1ccc2cccc(NC(=O)C(=O)NC[C@H](C)N(C)C3CC3)c2n1. The summed E-state index contributed by atoms with van der Waals surface area (Å²) < 4.78 is 0. The number of hydrogen-bond acceptors (Lipinski definition) is 4. The number of amides is 2. The standard InChI is InChI=1S/C19H24N4O2/c1-12-7-8-14-5-4-6-16(17(14)21-12)22-19(25)18(24)20-11-13(2)23(3)15-9-10-15/h4-8,13,15H,9-11H2,1-3H3,(H,20,24)(H,22,25)/t13-/m0/s1. The Balaban J connectivity index is 1.61. The van der Waals surface area contributed by atoms with Crippen LogP contribution >= 0.6 is 0 Å². The molecule has 1 fully saturated rings. The molecule has 2 aromatic rings. The van der Waals surface area contributed by atoms with E-state index in [4.69, 9.17) is 0 Å². The minimum absolute atomic E-state index is 0.200. The van der Waals surface area contributed by atoms with Gasteiger partial charge in [-0.3, -0.25) is 19.5 Å². The largest absolute Gasteiger partial charge is 0.346 e. The first-order valence-electron chi connectivity index (χ1n) is 8.63. The van der Waals surface area contributed by atoms with Crippen molar-refractivity contribution in [3.63, 3.8) is 0 Å². The van der Waals surface area contributed by atoms with Crippen molar-refractivity contribution in [3.8, 4) is 0 Å². The summed E-state index contributed by atoms with van der Waals surface area (Å²) in [7, 11) is 2.05. The average molecular weight is 340 g/mol. The molecule has 0 saturated heterocycles. The van der Waals surface area contributed by atoms with E-state index < -0.39 is 11.8 Å². The van der Waals surface area contributed by atoms with Crippen LogP contribution < -0.4 is 10.6 Å². The Morgan fingerprint density at radius 2 is 2.00 bits per heavy atom. The zero-order chi connectivity index (χ0) is 18.0. The molecule has 0 radical (unpaired) electrons. The van der Waals surface area contributed by atoms with Gasteiger partial charge in [0.1, 0.15) is 0 Å². The van der Waals surface area contributed by atoms with E-state index in [2.05, 4.69) is 27.6 Å². The highest BCUT2D eigenvalue weighted by molar-refractivity contribution is 6.40. The summed E-state index contributed by atoms with van der Waals surface area (Å²) in [6, 6.07) is 10.2. The van der Waals surface area contributed by atoms with E-state index in [0.717, 1.165) is 11.1 Å². The maximum absolute atomic E-state index is 12.2. The lowest BCUT2D eigenvalue weighted by Gasteiger charge is -2.24. The van der Waals surface area contributed by atoms with Gasteiger partial charge in [-0.15, -0.1) is 0 Å². The van der Waals surface area contributed by atoms with Crippen LogP contribution in [0.25, 0.3) is 10.9 Å². The second-order valence-electron chi connectivity index (χ2n) is 6.74. The molecule has 0 aliphatic heterocycles. The predicted octanol–water partition coefficient (Wildman–Crippen LogP) is 2.08. The van der Waals surface area contributed by atoms with Crippen LogP contribution in [-0.4, -0.2) is 47.4 Å². The fourth-order valence-corrected chi connectivity index (χ4v) is 2.83. The molecular formula is C19H24N4O2. The van der Waals surface area contributed by atoms with Crippen LogP contribution in [0.3, 0.4) is 0 Å². The molecule has 1 atom stereocenters. The van der Waals surface area contributed by atoms with Crippen molar-refractivity contribution in [1.29, 1.82) is 0 Å². The monoisotopic (exact) mass is 340 g/mol. The van der Waals surface area contributed by atoms with Crippen LogP contribution in [0, 0.1) is 6.92 Å². The number of pyridine rings is 1. The van der Waals surface area contributed by atoms with Gasteiger partial charge in [-0.1, -0.05) is 18.2 Å². The van der Waals surface area contributed by atoms with E-state index in [1.54, 1.807) is 6.07 Å². The van der Waals surface area contributed by atoms with Gasteiger partial charge in [-0.25, -0.2) is 0 Å². The van der Waals surface area contributed by atoms with Gasteiger partial charge in [0.05, 0.1) is 11.2 Å². The van der Waals surface area contributed by atoms with Gasteiger partial charge in [0, 0.05) is 29.7 Å². The van der Waals surface area contributed by atoms with Gasteiger partial charge in [0.15, 0.2) is 0 Å². The van der Waals surface area contributed by atoms with Crippen molar-refractivity contribution < 1.29 is 9.59 Å². The number of nitrogens with one attached hydrogen (secondary N) is 2. The maximum atomic E-state index is 12.2. The van der Waals surface area contributed by atoms with Crippen molar-refractivity contribution in [2.75, 3.05) is 18.9 Å². The summed E-state index contributed by atoms with van der Waals surface area (Å²) in [6.45, 7) is 4.39. The normalized spacial score (nSPS) is 15.2. The first-order chi connectivity index (χ1) is 12.0. The molecule has 1 aromatic carbocycles. The molecule has 6 heteroatoms. The Labute approximate surface area is 147 Å². The van der Waals surface area contributed by atoms with E-state index in [1.807, 2.05) is 38.1 Å². The van der Waals surface area contributed by atoms with E-state index in [1.165, 1.54) is 12.8 Å². The van der Waals surface area contributed by atoms with E-state index >= 15 is 0 Å². The highest BCUT2D eigenvalue weighted by Crippen LogP contribution is 2.26. The van der Waals surface area contributed by atoms with Gasteiger partial charge in [-0.2, -0.15) is 0 Å². The van der Waals surface area contributed by atoms with E-state index in [9.17, 15) is 9.59 Å². The number of hydrogen-bond donors (Lipinski definition) is 2. The number of aryl methyl sites for hydroxylation is 1. The third-order valence-electron chi connectivity index (χ3n) is 4.69. The molecule has 1 aliphatic carbocycles. The molecule has 1 heterocycles. The molecule has 1 aromatic heterocycles. The number of rotatable bonds is 5. The maximum Gasteiger partial charge on any atom is 0.313 e. The third-order valence-corrected chi connectivity index (χ3v) is 4.69. The molecule has 0 spiro atoms. The van der Waals surface area contributed by atoms with Crippen molar-refractivity contribution in [1.82, 2.24) is 15.2 Å². The lowest BCUT2D eigenvalue weighted by Crippen LogP contribution is -2.44. The highest BCUT2D eigenvalue weighted by Gasteiger charge is 2.29. The number of likely N-dealkylation sites (N-methyl/N-ethyl adjacent to an activating group) is 1. The van der Waals surface area contributed by atoms with Crippen LogP contribution in [-0.2, 0) is 9.59 Å². The second kappa shape index (κ2) is 7.19. The van der Waals surface area contributed by atoms with Crippen LogP contribution in [0.5, 0.6) is 0 Å². The smallest absolute Gasteiger partial charge is 0.313 e. The Bertz CT molecular complexity index is 801. The molecule has 2 N–H and O–H groups in total. The Kier molecular flexibility index (Phi) is 4.99. The number of para-hydroxylation sites is 1.